The monoisotopic (exact) mass is 454 g/mol. The maximum absolute atomic E-state index is 5.47. The molecule has 8 nitrogen and oxygen atoms in total. The minimum atomic E-state index is 0.204. The molecule has 1 aliphatic heterocycles. The van der Waals surface area contributed by atoms with E-state index in [4.69, 9.17) is 9.26 Å². The van der Waals surface area contributed by atoms with Gasteiger partial charge in [-0.1, -0.05) is 27.7 Å². The summed E-state index contributed by atoms with van der Waals surface area (Å²) in [6.07, 6.45) is 5.56. The van der Waals surface area contributed by atoms with Gasteiger partial charge in [-0.25, -0.2) is 9.67 Å². The maximum Gasteiger partial charge on any atom is 0.261 e. The average molecular weight is 454 g/mol. The molecule has 3 aromatic rings. The van der Waals surface area contributed by atoms with E-state index in [0.29, 0.717) is 17.8 Å². The number of alkyl halides is 1. The first kappa shape index (κ1) is 16.7. The second kappa shape index (κ2) is 6.87. The normalized spacial score (nSPS) is 17.1. The maximum atomic E-state index is 5.47. The number of aromatic nitrogens is 5. The molecule has 1 unspecified atom stereocenters. The van der Waals surface area contributed by atoms with E-state index in [2.05, 4.69) is 55.1 Å². The predicted octanol–water partition coefficient (Wildman–Crippen LogP) is 3.33. The lowest BCUT2D eigenvalue weighted by Gasteiger charge is -2.25. The van der Waals surface area contributed by atoms with Gasteiger partial charge in [0.2, 0.25) is 0 Å². The molecule has 4 rings (SSSR count). The van der Waals surface area contributed by atoms with Crippen LogP contribution in [0.4, 0.5) is 5.69 Å². The zero-order valence-corrected chi connectivity index (χ0v) is 16.2. The third-order valence-electron chi connectivity index (χ3n) is 4.29. The van der Waals surface area contributed by atoms with E-state index < -0.39 is 0 Å². The summed E-state index contributed by atoms with van der Waals surface area (Å²) in [5, 5.41) is 13.0. The van der Waals surface area contributed by atoms with Crippen molar-refractivity contribution in [2.75, 3.05) is 18.5 Å². The Balaban J connectivity index is 1.84. The van der Waals surface area contributed by atoms with Gasteiger partial charge in [0.15, 0.2) is 11.5 Å². The van der Waals surface area contributed by atoms with Crippen LogP contribution >= 0.6 is 22.6 Å². The quantitative estimate of drug-likeness (QED) is 0.478. The molecule has 3 aromatic heterocycles. The van der Waals surface area contributed by atoms with Crippen LogP contribution in [0.3, 0.4) is 0 Å². The van der Waals surface area contributed by atoms with Gasteiger partial charge < -0.3 is 14.6 Å². The highest BCUT2D eigenvalue weighted by atomic mass is 127. The lowest BCUT2D eigenvalue weighted by Crippen LogP contribution is -2.28. The van der Waals surface area contributed by atoms with Gasteiger partial charge >= 0.3 is 0 Å². The standard InChI is InChI=1S/C16H19IN6O2/c1-9(17)23-15-12(8-19-23)14(21-11-3-5-24-6-4-11)13(7-18-15)16-20-10(2)22-25-16/h7-9,11H,3-6H2,1-2H3,(H,18,21). The molecule has 132 valence electrons. The Labute approximate surface area is 158 Å². The van der Waals surface area contributed by atoms with E-state index in [1.807, 2.05) is 10.9 Å². The molecule has 0 amide bonds. The van der Waals surface area contributed by atoms with Gasteiger partial charge in [0.05, 0.1) is 22.8 Å². The van der Waals surface area contributed by atoms with E-state index in [1.165, 1.54) is 0 Å². The summed E-state index contributed by atoms with van der Waals surface area (Å²) in [5.74, 6) is 1.07. The molecule has 4 heterocycles. The van der Waals surface area contributed by atoms with Gasteiger partial charge in [-0.05, 0) is 26.7 Å². The molecule has 0 bridgehead atoms. The molecular weight excluding hydrogens is 435 g/mol. The predicted molar refractivity (Wildman–Crippen MR) is 102 cm³/mol. The summed E-state index contributed by atoms with van der Waals surface area (Å²) in [4.78, 5) is 8.98. The molecule has 0 saturated carbocycles. The summed E-state index contributed by atoms with van der Waals surface area (Å²) < 4.78 is 13.0. The molecule has 25 heavy (non-hydrogen) atoms. The van der Waals surface area contributed by atoms with Gasteiger partial charge in [0, 0.05) is 25.5 Å². The number of halogens is 1. The summed E-state index contributed by atoms with van der Waals surface area (Å²) in [5.41, 5.74) is 2.60. The van der Waals surface area contributed by atoms with Crippen LogP contribution < -0.4 is 5.32 Å². The fourth-order valence-electron chi connectivity index (χ4n) is 3.03. The number of aryl methyl sites for hydroxylation is 1. The minimum absolute atomic E-state index is 0.204. The van der Waals surface area contributed by atoms with E-state index >= 15 is 0 Å². The molecule has 1 aliphatic rings. The number of fused-ring (bicyclic) bond motifs is 1. The zero-order valence-electron chi connectivity index (χ0n) is 14.1. The Morgan fingerprint density at radius 2 is 2.12 bits per heavy atom. The van der Waals surface area contributed by atoms with Gasteiger partial charge in [-0.15, -0.1) is 0 Å². The van der Waals surface area contributed by atoms with Crippen molar-refractivity contribution < 1.29 is 9.26 Å². The van der Waals surface area contributed by atoms with Gasteiger partial charge in [0.1, 0.15) is 4.05 Å². The number of hydrogen-bond acceptors (Lipinski definition) is 7. The van der Waals surface area contributed by atoms with E-state index in [-0.39, 0.29) is 4.05 Å². The van der Waals surface area contributed by atoms with E-state index in [0.717, 1.165) is 48.3 Å². The lowest BCUT2D eigenvalue weighted by atomic mass is 10.1. The zero-order chi connectivity index (χ0) is 17.4. The van der Waals surface area contributed by atoms with Crippen LogP contribution in [-0.2, 0) is 4.74 Å². The van der Waals surface area contributed by atoms with Crippen LogP contribution in [-0.4, -0.2) is 44.2 Å². The molecule has 0 aliphatic carbocycles. The lowest BCUT2D eigenvalue weighted by molar-refractivity contribution is 0.0905. The van der Waals surface area contributed by atoms with Crippen molar-refractivity contribution in [1.82, 2.24) is 24.9 Å². The Kier molecular flexibility index (Phi) is 4.59. The summed E-state index contributed by atoms with van der Waals surface area (Å²) in [6.45, 7) is 5.42. The largest absolute Gasteiger partial charge is 0.381 e. The summed E-state index contributed by atoms with van der Waals surface area (Å²) >= 11 is 2.33. The Bertz CT molecular complexity index is 884. The van der Waals surface area contributed by atoms with Crippen LogP contribution in [0.15, 0.2) is 16.9 Å². The highest BCUT2D eigenvalue weighted by Gasteiger charge is 2.22. The van der Waals surface area contributed by atoms with Gasteiger partial charge in [-0.2, -0.15) is 10.1 Å². The van der Waals surface area contributed by atoms with Crippen molar-refractivity contribution in [1.29, 1.82) is 0 Å². The van der Waals surface area contributed by atoms with Crippen LogP contribution in [0.25, 0.3) is 22.5 Å². The van der Waals surface area contributed by atoms with Crippen LogP contribution in [0.2, 0.25) is 0 Å². The fraction of sp³-hybridized carbons (Fsp3) is 0.500. The smallest absolute Gasteiger partial charge is 0.261 e. The minimum Gasteiger partial charge on any atom is -0.381 e. The third-order valence-corrected chi connectivity index (χ3v) is 4.82. The highest BCUT2D eigenvalue weighted by Crippen LogP contribution is 2.35. The number of nitrogens with zero attached hydrogens (tertiary/aromatic N) is 5. The number of hydrogen-bond donors (Lipinski definition) is 1. The van der Waals surface area contributed by atoms with E-state index in [9.17, 15) is 0 Å². The molecule has 0 spiro atoms. The Morgan fingerprint density at radius 3 is 2.80 bits per heavy atom. The topological polar surface area (TPSA) is 90.9 Å². The number of rotatable bonds is 4. The van der Waals surface area contributed by atoms with E-state index in [1.54, 1.807) is 13.1 Å². The molecule has 9 heteroatoms. The van der Waals surface area contributed by atoms with Gasteiger partial charge in [0.25, 0.3) is 5.89 Å². The van der Waals surface area contributed by atoms with Gasteiger partial charge in [-0.3, -0.25) is 0 Å². The molecule has 0 aromatic carbocycles. The molecule has 1 N–H and O–H groups in total. The van der Waals surface area contributed by atoms with Crippen LogP contribution in [0.5, 0.6) is 0 Å². The highest BCUT2D eigenvalue weighted by molar-refractivity contribution is 14.1. The first-order chi connectivity index (χ1) is 12.1. The molecule has 1 saturated heterocycles. The van der Waals surface area contributed by atoms with Crippen molar-refractivity contribution in [2.45, 2.75) is 36.8 Å². The average Bonchev–Trinajstić information content (AvgIpc) is 3.22. The van der Waals surface area contributed by atoms with Crippen molar-refractivity contribution in [3.63, 3.8) is 0 Å². The molecule has 1 fully saturated rings. The Morgan fingerprint density at radius 1 is 1.32 bits per heavy atom. The van der Waals surface area contributed by atoms with Crippen molar-refractivity contribution in [3.05, 3.63) is 18.2 Å². The van der Waals surface area contributed by atoms with Crippen molar-refractivity contribution >= 4 is 39.3 Å². The second-order valence-corrected chi connectivity index (χ2v) is 7.93. The molecular formula is C16H19IN6O2. The second-order valence-electron chi connectivity index (χ2n) is 6.13. The molecule has 1 atom stereocenters. The number of nitrogens with one attached hydrogen (secondary N) is 1. The van der Waals surface area contributed by atoms with Crippen molar-refractivity contribution in [2.24, 2.45) is 0 Å². The Hall–Kier alpha value is -1.75. The first-order valence-electron chi connectivity index (χ1n) is 8.28. The molecule has 0 radical (unpaired) electrons. The number of pyridine rings is 1. The van der Waals surface area contributed by atoms with Crippen LogP contribution in [0.1, 0.15) is 29.6 Å². The first-order valence-corrected chi connectivity index (χ1v) is 9.53. The van der Waals surface area contributed by atoms with Crippen molar-refractivity contribution in [3.8, 4) is 11.5 Å². The SMILES string of the molecule is Cc1noc(-c2cnc3c(cnn3C(C)I)c2NC2CCOCC2)n1. The number of anilines is 1. The van der Waals surface area contributed by atoms with Crippen LogP contribution in [0, 0.1) is 6.92 Å². The fourth-order valence-corrected chi connectivity index (χ4v) is 3.43. The third kappa shape index (κ3) is 3.22. The number of ether oxygens (including phenoxy) is 1. The summed E-state index contributed by atoms with van der Waals surface area (Å²) in [7, 11) is 0. The summed E-state index contributed by atoms with van der Waals surface area (Å²) in [6, 6.07) is 0.336.